The summed E-state index contributed by atoms with van der Waals surface area (Å²) in [4.78, 5) is 24.1. The van der Waals surface area contributed by atoms with Gasteiger partial charge in [-0.25, -0.2) is 4.79 Å². The van der Waals surface area contributed by atoms with Gasteiger partial charge in [-0.3, -0.25) is 4.79 Å². The molecule has 1 atom stereocenters. The van der Waals surface area contributed by atoms with E-state index < -0.39 is 5.97 Å². The number of rotatable bonds is 6. The molecule has 5 nitrogen and oxygen atoms in total. The number of aryl methyl sites for hydroxylation is 2. The van der Waals surface area contributed by atoms with Crippen molar-refractivity contribution in [2.24, 2.45) is 0 Å². The van der Waals surface area contributed by atoms with Gasteiger partial charge in [0.2, 0.25) is 0 Å². The molecule has 0 aliphatic rings. The van der Waals surface area contributed by atoms with Crippen LogP contribution in [0.4, 0.5) is 0 Å². The average molecular weight is 341 g/mol. The average Bonchev–Trinajstić information content (AvgIpc) is 2.59. The fraction of sp³-hybridized carbons (Fsp3) is 0.300. The van der Waals surface area contributed by atoms with Gasteiger partial charge in [0.05, 0.1) is 18.7 Å². The Bertz CT molecular complexity index is 770. The minimum absolute atomic E-state index is 0.220. The predicted octanol–water partition coefficient (Wildman–Crippen LogP) is 3.35. The third-order valence-corrected chi connectivity index (χ3v) is 3.91. The fourth-order valence-electron chi connectivity index (χ4n) is 2.53. The smallest absolute Gasteiger partial charge is 0.338 e. The Morgan fingerprint density at radius 1 is 1.12 bits per heavy atom. The summed E-state index contributed by atoms with van der Waals surface area (Å²) in [6.07, 6.45) is 0. The van der Waals surface area contributed by atoms with Crippen molar-refractivity contribution in [2.45, 2.75) is 26.8 Å². The van der Waals surface area contributed by atoms with Crippen LogP contribution in [0, 0.1) is 13.8 Å². The first kappa shape index (κ1) is 18.5. The lowest BCUT2D eigenvalue weighted by molar-refractivity contribution is -0.124. The number of hydrogen-bond acceptors (Lipinski definition) is 4. The van der Waals surface area contributed by atoms with E-state index in [1.54, 1.807) is 13.2 Å². The van der Waals surface area contributed by atoms with Crippen molar-refractivity contribution in [1.82, 2.24) is 5.32 Å². The Morgan fingerprint density at radius 2 is 1.88 bits per heavy atom. The van der Waals surface area contributed by atoms with E-state index in [2.05, 4.69) is 5.32 Å². The van der Waals surface area contributed by atoms with E-state index in [-0.39, 0.29) is 18.6 Å². The Labute approximate surface area is 148 Å². The first-order valence-electron chi connectivity index (χ1n) is 8.08. The molecule has 2 aromatic rings. The summed E-state index contributed by atoms with van der Waals surface area (Å²) >= 11 is 0. The zero-order valence-electron chi connectivity index (χ0n) is 15.0. The number of benzene rings is 2. The highest BCUT2D eigenvalue weighted by Gasteiger charge is 2.15. The topological polar surface area (TPSA) is 64.6 Å². The second-order valence-corrected chi connectivity index (χ2v) is 5.96. The molecule has 1 N–H and O–H groups in total. The molecule has 0 saturated carbocycles. The normalized spacial score (nSPS) is 11.5. The predicted molar refractivity (Wildman–Crippen MR) is 95.8 cm³/mol. The Hall–Kier alpha value is -2.82. The standard InChI is InChI=1S/C20H23NO4/c1-13-8-9-18(14(2)10-13)20(23)25-12-19(22)21-15(3)16-6-5-7-17(11-16)24-4/h5-11,15H,12H2,1-4H3,(H,21,22). The molecule has 25 heavy (non-hydrogen) atoms. The summed E-state index contributed by atoms with van der Waals surface area (Å²) in [5.41, 5.74) is 3.28. The van der Waals surface area contributed by atoms with E-state index in [0.29, 0.717) is 5.56 Å². The third kappa shape index (κ3) is 5.08. The lowest BCUT2D eigenvalue weighted by atomic mass is 10.1. The van der Waals surface area contributed by atoms with Crippen LogP contribution in [0.25, 0.3) is 0 Å². The summed E-state index contributed by atoms with van der Waals surface area (Å²) in [5, 5.41) is 2.81. The van der Waals surface area contributed by atoms with E-state index in [4.69, 9.17) is 9.47 Å². The van der Waals surface area contributed by atoms with Gasteiger partial charge >= 0.3 is 5.97 Å². The molecule has 0 heterocycles. The minimum atomic E-state index is -0.498. The van der Waals surface area contributed by atoms with Crippen LogP contribution >= 0.6 is 0 Å². The SMILES string of the molecule is COc1cccc(C(C)NC(=O)COC(=O)c2ccc(C)cc2C)c1. The maximum Gasteiger partial charge on any atom is 0.338 e. The second kappa shape index (κ2) is 8.33. The molecule has 0 spiro atoms. The second-order valence-electron chi connectivity index (χ2n) is 5.96. The van der Waals surface area contributed by atoms with Crippen LogP contribution in [0.1, 0.15) is 40.0 Å². The van der Waals surface area contributed by atoms with Gasteiger partial charge in [-0.1, -0.05) is 29.8 Å². The van der Waals surface area contributed by atoms with Gasteiger partial charge in [0.15, 0.2) is 6.61 Å². The van der Waals surface area contributed by atoms with E-state index in [9.17, 15) is 9.59 Å². The molecule has 1 amide bonds. The quantitative estimate of drug-likeness (QED) is 0.819. The van der Waals surface area contributed by atoms with Crippen LogP contribution in [-0.2, 0) is 9.53 Å². The van der Waals surface area contributed by atoms with Crippen LogP contribution in [-0.4, -0.2) is 25.6 Å². The van der Waals surface area contributed by atoms with Gasteiger partial charge in [0.1, 0.15) is 5.75 Å². The van der Waals surface area contributed by atoms with Gasteiger partial charge < -0.3 is 14.8 Å². The summed E-state index contributed by atoms with van der Waals surface area (Å²) in [5.74, 6) is -0.130. The van der Waals surface area contributed by atoms with Crippen molar-refractivity contribution in [2.75, 3.05) is 13.7 Å². The number of hydrogen-bond donors (Lipinski definition) is 1. The molecule has 1 unspecified atom stereocenters. The van der Waals surface area contributed by atoms with Crippen molar-refractivity contribution >= 4 is 11.9 Å². The maximum absolute atomic E-state index is 12.1. The highest BCUT2D eigenvalue weighted by Crippen LogP contribution is 2.18. The van der Waals surface area contributed by atoms with Crippen LogP contribution < -0.4 is 10.1 Å². The number of nitrogens with one attached hydrogen (secondary N) is 1. The summed E-state index contributed by atoms with van der Waals surface area (Å²) in [6.45, 7) is 5.34. The van der Waals surface area contributed by atoms with Crippen molar-refractivity contribution in [3.05, 3.63) is 64.7 Å². The van der Waals surface area contributed by atoms with Gasteiger partial charge in [-0.15, -0.1) is 0 Å². The fourth-order valence-corrected chi connectivity index (χ4v) is 2.53. The Morgan fingerprint density at radius 3 is 2.56 bits per heavy atom. The summed E-state index contributed by atoms with van der Waals surface area (Å²) in [7, 11) is 1.59. The largest absolute Gasteiger partial charge is 0.497 e. The minimum Gasteiger partial charge on any atom is -0.497 e. The van der Waals surface area contributed by atoms with E-state index in [1.165, 1.54) is 0 Å². The summed E-state index contributed by atoms with van der Waals surface area (Å²) in [6, 6.07) is 12.7. The molecule has 0 saturated heterocycles. The van der Waals surface area contributed by atoms with Crippen molar-refractivity contribution in [1.29, 1.82) is 0 Å². The number of amides is 1. The number of carbonyl (C=O) groups excluding carboxylic acids is 2. The molecule has 5 heteroatoms. The lowest BCUT2D eigenvalue weighted by Gasteiger charge is -2.15. The molecule has 0 bridgehead atoms. The molecule has 132 valence electrons. The maximum atomic E-state index is 12.1. The highest BCUT2D eigenvalue weighted by molar-refractivity contribution is 5.92. The van der Waals surface area contributed by atoms with E-state index in [1.807, 2.05) is 57.2 Å². The molecular formula is C20H23NO4. The molecule has 0 radical (unpaired) electrons. The first-order chi connectivity index (χ1) is 11.9. The third-order valence-electron chi connectivity index (χ3n) is 3.91. The van der Waals surface area contributed by atoms with Gasteiger partial charge in [0.25, 0.3) is 5.91 Å². The Kier molecular flexibility index (Phi) is 6.17. The number of esters is 1. The van der Waals surface area contributed by atoms with Crippen LogP contribution in [0.15, 0.2) is 42.5 Å². The Balaban J connectivity index is 1.90. The molecular weight excluding hydrogens is 318 g/mol. The van der Waals surface area contributed by atoms with Crippen molar-refractivity contribution < 1.29 is 19.1 Å². The summed E-state index contributed by atoms with van der Waals surface area (Å²) < 4.78 is 10.3. The first-order valence-corrected chi connectivity index (χ1v) is 8.08. The van der Waals surface area contributed by atoms with Gasteiger partial charge in [0, 0.05) is 0 Å². The molecule has 0 fully saturated rings. The lowest BCUT2D eigenvalue weighted by Crippen LogP contribution is -2.31. The monoisotopic (exact) mass is 341 g/mol. The number of ether oxygens (including phenoxy) is 2. The number of methoxy groups -OCH3 is 1. The number of carbonyl (C=O) groups is 2. The van der Waals surface area contributed by atoms with E-state index >= 15 is 0 Å². The van der Waals surface area contributed by atoms with Crippen LogP contribution in [0.2, 0.25) is 0 Å². The van der Waals surface area contributed by atoms with Crippen molar-refractivity contribution in [3.8, 4) is 5.75 Å². The van der Waals surface area contributed by atoms with Gasteiger partial charge in [-0.05, 0) is 50.1 Å². The molecule has 2 aromatic carbocycles. The van der Waals surface area contributed by atoms with Crippen molar-refractivity contribution in [3.63, 3.8) is 0 Å². The molecule has 2 rings (SSSR count). The zero-order valence-corrected chi connectivity index (χ0v) is 15.0. The van der Waals surface area contributed by atoms with Crippen LogP contribution in [0.3, 0.4) is 0 Å². The molecule has 0 aliphatic heterocycles. The van der Waals surface area contributed by atoms with E-state index in [0.717, 1.165) is 22.4 Å². The van der Waals surface area contributed by atoms with Crippen LogP contribution in [0.5, 0.6) is 5.75 Å². The van der Waals surface area contributed by atoms with Gasteiger partial charge in [-0.2, -0.15) is 0 Å². The zero-order chi connectivity index (χ0) is 18.4. The molecule has 0 aromatic heterocycles. The molecule has 0 aliphatic carbocycles. The highest BCUT2D eigenvalue weighted by atomic mass is 16.5.